The molecule has 0 N–H and O–H groups in total. The minimum absolute atomic E-state index is 0.0884. The molecule has 1 nitrogen and oxygen atoms in total. The zero-order valence-electron chi connectivity index (χ0n) is 11.1. The van der Waals surface area contributed by atoms with Crippen LogP contribution >= 0.6 is 0 Å². The van der Waals surface area contributed by atoms with E-state index in [4.69, 9.17) is 0 Å². The van der Waals surface area contributed by atoms with Gasteiger partial charge in [0.15, 0.2) is 0 Å². The summed E-state index contributed by atoms with van der Waals surface area (Å²) in [5.41, 5.74) is 2.72. The molecule has 0 bridgehead atoms. The highest BCUT2D eigenvalue weighted by atomic mass is 19.3. The van der Waals surface area contributed by atoms with Gasteiger partial charge in [0.25, 0.3) is 6.43 Å². The summed E-state index contributed by atoms with van der Waals surface area (Å²) < 4.78 is 24.7. The first kappa shape index (κ1) is 15.8. The Morgan fingerprint density at radius 2 is 1.88 bits per heavy atom. The van der Waals surface area contributed by atoms with Crippen molar-refractivity contribution >= 4 is 5.71 Å². The molecule has 96 valence electrons. The van der Waals surface area contributed by atoms with Gasteiger partial charge in [0.1, 0.15) is 0 Å². The molecule has 0 fully saturated rings. The van der Waals surface area contributed by atoms with E-state index in [2.05, 4.69) is 18.5 Å². The van der Waals surface area contributed by atoms with Crippen LogP contribution in [0.15, 0.2) is 40.4 Å². The number of hydrogen-bond donors (Lipinski definition) is 0. The lowest BCUT2D eigenvalue weighted by atomic mass is 10.0. The Morgan fingerprint density at radius 1 is 1.29 bits per heavy atom. The predicted octanol–water partition coefficient (Wildman–Crippen LogP) is 4.57. The standard InChI is InChI=1S/C14H21F2N/c1-6-10(2)7-8-11(3)13(17-5)9-12(4)14(15)16/h7-8,14H,4,6,9H2,1-3,5H3/b10-7+,11-8+,17-13?. The van der Waals surface area contributed by atoms with Crippen LogP contribution in [-0.4, -0.2) is 19.2 Å². The van der Waals surface area contributed by atoms with E-state index in [9.17, 15) is 8.78 Å². The number of alkyl halides is 2. The van der Waals surface area contributed by atoms with E-state index >= 15 is 0 Å². The quantitative estimate of drug-likeness (QED) is 0.367. The lowest BCUT2D eigenvalue weighted by Crippen LogP contribution is -2.06. The highest BCUT2D eigenvalue weighted by Gasteiger charge is 2.11. The molecular weight excluding hydrogens is 220 g/mol. The zero-order chi connectivity index (χ0) is 13.4. The van der Waals surface area contributed by atoms with Gasteiger partial charge < -0.3 is 0 Å². The number of halogens is 2. The van der Waals surface area contributed by atoms with E-state index in [-0.39, 0.29) is 12.0 Å². The van der Waals surface area contributed by atoms with Crippen LogP contribution in [0.3, 0.4) is 0 Å². The Bertz CT molecular complexity index is 349. The van der Waals surface area contributed by atoms with Crippen molar-refractivity contribution < 1.29 is 8.78 Å². The molecule has 17 heavy (non-hydrogen) atoms. The van der Waals surface area contributed by atoms with Crippen LogP contribution in [0.4, 0.5) is 8.78 Å². The summed E-state index contributed by atoms with van der Waals surface area (Å²) >= 11 is 0. The molecule has 0 aromatic rings. The first-order valence-corrected chi connectivity index (χ1v) is 5.68. The van der Waals surface area contributed by atoms with Crippen LogP contribution in [0.25, 0.3) is 0 Å². The minimum Gasteiger partial charge on any atom is -0.292 e. The van der Waals surface area contributed by atoms with E-state index in [0.717, 1.165) is 12.0 Å². The van der Waals surface area contributed by atoms with Crippen molar-refractivity contribution in [1.82, 2.24) is 0 Å². The molecule has 0 aromatic carbocycles. The molecule has 3 heteroatoms. The maximum atomic E-state index is 12.4. The Balaban J connectivity index is 4.75. The van der Waals surface area contributed by atoms with Crippen LogP contribution in [0.5, 0.6) is 0 Å². The second kappa shape index (κ2) is 7.93. The van der Waals surface area contributed by atoms with Crippen molar-refractivity contribution in [3.63, 3.8) is 0 Å². The summed E-state index contributed by atoms with van der Waals surface area (Å²) in [6.45, 7) is 9.34. The second-order valence-electron chi connectivity index (χ2n) is 4.02. The molecule has 0 atom stereocenters. The van der Waals surface area contributed by atoms with Gasteiger partial charge in [-0.1, -0.05) is 31.2 Å². The molecule has 0 saturated carbocycles. The lowest BCUT2D eigenvalue weighted by molar-refractivity contribution is 0.188. The lowest BCUT2D eigenvalue weighted by Gasteiger charge is -2.08. The zero-order valence-corrected chi connectivity index (χ0v) is 11.1. The average Bonchev–Trinajstić information content (AvgIpc) is 2.31. The monoisotopic (exact) mass is 241 g/mol. The van der Waals surface area contributed by atoms with E-state index in [1.54, 1.807) is 7.05 Å². The molecule has 0 aliphatic carbocycles. The summed E-state index contributed by atoms with van der Waals surface area (Å²) in [5.74, 6) is 0. The van der Waals surface area contributed by atoms with Gasteiger partial charge in [-0.15, -0.1) is 0 Å². The summed E-state index contributed by atoms with van der Waals surface area (Å²) in [6, 6.07) is 0. The highest BCUT2D eigenvalue weighted by molar-refractivity contribution is 6.01. The third-order valence-corrected chi connectivity index (χ3v) is 2.60. The maximum Gasteiger partial charge on any atom is 0.260 e. The van der Waals surface area contributed by atoms with Crippen LogP contribution in [0, 0.1) is 0 Å². The number of rotatable bonds is 6. The fraction of sp³-hybridized carbons (Fsp3) is 0.500. The molecule has 0 aliphatic heterocycles. The van der Waals surface area contributed by atoms with E-state index in [1.165, 1.54) is 5.57 Å². The van der Waals surface area contributed by atoms with Gasteiger partial charge in [-0.05, 0) is 31.4 Å². The molecule has 0 amide bonds. The summed E-state index contributed by atoms with van der Waals surface area (Å²) in [4.78, 5) is 4.04. The fourth-order valence-corrected chi connectivity index (χ4v) is 1.17. The fourth-order valence-electron chi connectivity index (χ4n) is 1.17. The molecule has 0 radical (unpaired) electrons. The SMILES string of the molecule is C=C(CC(=NC)/C(C)=C/C=C(\C)CC)C(F)F. The number of aliphatic imine (C=N–C) groups is 1. The van der Waals surface area contributed by atoms with Gasteiger partial charge in [0.2, 0.25) is 0 Å². The largest absolute Gasteiger partial charge is 0.292 e. The molecule has 0 saturated heterocycles. The number of hydrogen-bond acceptors (Lipinski definition) is 1. The van der Waals surface area contributed by atoms with E-state index < -0.39 is 6.43 Å². The third kappa shape index (κ3) is 6.15. The van der Waals surface area contributed by atoms with E-state index in [1.807, 2.05) is 26.0 Å². The summed E-state index contributed by atoms with van der Waals surface area (Å²) in [5, 5.41) is 0. The summed E-state index contributed by atoms with van der Waals surface area (Å²) in [6.07, 6.45) is 2.54. The molecule has 0 unspecified atom stereocenters. The van der Waals surface area contributed by atoms with Crippen LogP contribution < -0.4 is 0 Å². The molecule has 0 rings (SSSR count). The normalized spacial score (nSPS) is 14.4. The Morgan fingerprint density at radius 3 is 2.29 bits per heavy atom. The first-order valence-electron chi connectivity index (χ1n) is 5.68. The van der Waals surface area contributed by atoms with Gasteiger partial charge in [-0.2, -0.15) is 0 Å². The van der Waals surface area contributed by atoms with Crippen molar-refractivity contribution in [3.8, 4) is 0 Å². The molecule has 0 spiro atoms. The molecule has 0 aromatic heterocycles. The van der Waals surface area contributed by atoms with Crippen molar-refractivity contribution in [2.45, 2.75) is 40.0 Å². The number of allylic oxidation sites excluding steroid dienone is 5. The Labute approximate surface area is 103 Å². The number of nitrogens with zero attached hydrogens (tertiary/aromatic N) is 1. The van der Waals surface area contributed by atoms with Crippen LogP contribution in [-0.2, 0) is 0 Å². The Hall–Kier alpha value is -1.25. The van der Waals surface area contributed by atoms with Crippen molar-refractivity contribution in [3.05, 3.63) is 35.5 Å². The maximum absolute atomic E-state index is 12.4. The van der Waals surface area contributed by atoms with Crippen LogP contribution in [0.1, 0.15) is 33.6 Å². The van der Waals surface area contributed by atoms with Crippen LogP contribution in [0.2, 0.25) is 0 Å². The second-order valence-corrected chi connectivity index (χ2v) is 4.02. The van der Waals surface area contributed by atoms with Gasteiger partial charge in [-0.3, -0.25) is 4.99 Å². The Kier molecular flexibility index (Phi) is 7.35. The molecular formula is C14H21F2N. The van der Waals surface area contributed by atoms with E-state index in [0.29, 0.717) is 5.71 Å². The first-order chi connectivity index (χ1) is 7.92. The highest BCUT2D eigenvalue weighted by Crippen LogP contribution is 2.15. The molecule has 0 aliphatic rings. The summed E-state index contributed by atoms with van der Waals surface area (Å²) in [7, 11) is 1.61. The smallest absolute Gasteiger partial charge is 0.260 e. The van der Waals surface area contributed by atoms with Gasteiger partial charge in [-0.25, -0.2) is 8.78 Å². The molecule has 0 heterocycles. The van der Waals surface area contributed by atoms with Crippen molar-refractivity contribution in [1.29, 1.82) is 0 Å². The average molecular weight is 241 g/mol. The minimum atomic E-state index is -2.48. The topological polar surface area (TPSA) is 12.4 Å². The van der Waals surface area contributed by atoms with Gasteiger partial charge in [0, 0.05) is 19.2 Å². The van der Waals surface area contributed by atoms with Crippen molar-refractivity contribution in [2.75, 3.05) is 7.05 Å². The third-order valence-electron chi connectivity index (χ3n) is 2.60. The predicted molar refractivity (Wildman–Crippen MR) is 70.9 cm³/mol. The van der Waals surface area contributed by atoms with Gasteiger partial charge >= 0.3 is 0 Å². The van der Waals surface area contributed by atoms with Crippen molar-refractivity contribution in [2.24, 2.45) is 4.99 Å². The van der Waals surface area contributed by atoms with Gasteiger partial charge in [0.05, 0.1) is 0 Å².